The van der Waals surface area contributed by atoms with Gasteiger partial charge in [-0.3, -0.25) is 0 Å². The van der Waals surface area contributed by atoms with E-state index in [2.05, 4.69) is 31.5 Å². The van der Waals surface area contributed by atoms with Crippen LogP contribution in [0.2, 0.25) is 0 Å². The van der Waals surface area contributed by atoms with Crippen LogP contribution in [0.25, 0.3) is 0 Å². The summed E-state index contributed by atoms with van der Waals surface area (Å²) in [6.07, 6.45) is 2.22. The van der Waals surface area contributed by atoms with Gasteiger partial charge in [-0.1, -0.05) is 0 Å². The van der Waals surface area contributed by atoms with E-state index in [4.69, 9.17) is 4.74 Å². The third-order valence-corrected chi connectivity index (χ3v) is 2.90. The summed E-state index contributed by atoms with van der Waals surface area (Å²) in [4.78, 5) is 15.7. The Hall–Kier alpha value is -1.30. The molecule has 0 spiro atoms. The van der Waals surface area contributed by atoms with Crippen LogP contribution in [-0.4, -0.2) is 29.8 Å². The Labute approximate surface area is 128 Å². The molecule has 5 nitrogen and oxygen atoms in total. The molecular weight excluding hydrogens is 322 g/mol. The van der Waals surface area contributed by atoms with Gasteiger partial charge in [0.05, 0.1) is 4.47 Å². The van der Waals surface area contributed by atoms with Gasteiger partial charge >= 0.3 is 6.09 Å². The number of hydrogen-bond acceptors (Lipinski definition) is 4. The number of amides is 1. The minimum Gasteiger partial charge on any atom is -0.444 e. The summed E-state index contributed by atoms with van der Waals surface area (Å²) in [6, 6.07) is 2.01. The molecule has 0 bridgehead atoms. The van der Waals surface area contributed by atoms with Gasteiger partial charge in [0.2, 0.25) is 0 Å². The van der Waals surface area contributed by atoms with Crippen LogP contribution in [-0.2, 0) is 4.74 Å². The summed E-state index contributed by atoms with van der Waals surface area (Å²) in [5.74, 6) is 0.813. The van der Waals surface area contributed by atoms with E-state index < -0.39 is 5.60 Å². The average molecular weight is 344 g/mol. The quantitative estimate of drug-likeness (QED) is 0.803. The number of halogens is 1. The van der Waals surface area contributed by atoms with Gasteiger partial charge in [-0.2, -0.15) is 0 Å². The number of carbonyl (C=O) groups is 1. The molecule has 2 N–H and O–H groups in total. The van der Waals surface area contributed by atoms with Crippen LogP contribution in [0.1, 0.15) is 32.8 Å². The third-order valence-electron chi connectivity index (χ3n) is 2.29. The normalized spacial score (nSPS) is 11.1. The second-order valence-corrected chi connectivity index (χ2v) is 6.41. The summed E-state index contributed by atoms with van der Waals surface area (Å²) in [7, 11) is 0. The van der Waals surface area contributed by atoms with E-state index in [1.165, 1.54) is 0 Å². The Morgan fingerprint density at radius 2 is 2.10 bits per heavy atom. The van der Waals surface area contributed by atoms with E-state index in [9.17, 15) is 4.79 Å². The number of ether oxygens (including phenoxy) is 1. The maximum absolute atomic E-state index is 11.4. The number of aryl methyl sites for hydroxylation is 1. The van der Waals surface area contributed by atoms with Gasteiger partial charge in [0.25, 0.3) is 0 Å². The number of alkyl carbamates (subject to hydrolysis) is 1. The topological polar surface area (TPSA) is 63.2 Å². The fourth-order valence-corrected chi connectivity index (χ4v) is 2.07. The molecule has 0 aliphatic rings. The van der Waals surface area contributed by atoms with Crippen molar-refractivity contribution in [3.8, 4) is 0 Å². The largest absolute Gasteiger partial charge is 0.444 e. The molecule has 0 radical (unpaired) electrons. The molecule has 0 atom stereocenters. The first kappa shape index (κ1) is 16.8. The van der Waals surface area contributed by atoms with Gasteiger partial charge in [0, 0.05) is 19.3 Å². The van der Waals surface area contributed by atoms with Crippen LogP contribution in [0.5, 0.6) is 0 Å². The second kappa shape index (κ2) is 7.47. The Kier molecular flexibility index (Phi) is 6.26. The molecule has 0 saturated carbocycles. The van der Waals surface area contributed by atoms with Crippen molar-refractivity contribution in [2.24, 2.45) is 0 Å². The van der Waals surface area contributed by atoms with Gasteiger partial charge in [-0.05, 0) is 61.7 Å². The Morgan fingerprint density at radius 1 is 1.40 bits per heavy atom. The van der Waals surface area contributed by atoms with Crippen molar-refractivity contribution in [3.63, 3.8) is 0 Å². The maximum Gasteiger partial charge on any atom is 0.407 e. The number of anilines is 1. The highest BCUT2D eigenvalue weighted by molar-refractivity contribution is 9.10. The van der Waals surface area contributed by atoms with E-state index in [0.717, 1.165) is 28.8 Å². The van der Waals surface area contributed by atoms with Gasteiger partial charge in [0.1, 0.15) is 11.4 Å². The van der Waals surface area contributed by atoms with Crippen LogP contribution >= 0.6 is 15.9 Å². The highest BCUT2D eigenvalue weighted by Gasteiger charge is 2.15. The van der Waals surface area contributed by atoms with Crippen LogP contribution < -0.4 is 10.6 Å². The van der Waals surface area contributed by atoms with Crippen LogP contribution in [0, 0.1) is 6.92 Å². The Balaban J connectivity index is 2.21. The van der Waals surface area contributed by atoms with E-state index in [1.807, 2.05) is 40.0 Å². The molecule has 6 heteroatoms. The highest BCUT2D eigenvalue weighted by atomic mass is 79.9. The molecule has 0 aliphatic heterocycles. The summed E-state index contributed by atoms with van der Waals surface area (Å²) in [5.41, 5.74) is 0.646. The molecular formula is C14H22BrN3O2. The lowest BCUT2D eigenvalue weighted by Gasteiger charge is -2.19. The van der Waals surface area contributed by atoms with Crippen molar-refractivity contribution >= 4 is 27.8 Å². The van der Waals surface area contributed by atoms with Crippen LogP contribution in [0.4, 0.5) is 10.6 Å². The molecule has 1 rings (SSSR count). The number of hydrogen-bond donors (Lipinski definition) is 2. The summed E-state index contributed by atoms with van der Waals surface area (Å²) < 4.78 is 6.09. The van der Waals surface area contributed by atoms with Crippen molar-refractivity contribution in [3.05, 3.63) is 22.3 Å². The number of rotatable bonds is 5. The van der Waals surface area contributed by atoms with Crippen molar-refractivity contribution in [2.75, 3.05) is 18.4 Å². The number of aromatic nitrogens is 1. The number of nitrogens with zero attached hydrogens (tertiary/aromatic N) is 1. The zero-order valence-electron chi connectivity index (χ0n) is 12.4. The van der Waals surface area contributed by atoms with Crippen LogP contribution in [0.3, 0.4) is 0 Å². The molecule has 0 aliphatic carbocycles. The number of carbonyl (C=O) groups excluding carboxylic acids is 1. The van der Waals surface area contributed by atoms with Gasteiger partial charge in [-0.15, -0.1) is 0 Å². The van der Waals surface area contributed by atoms with E-state index in [0.29, 0.717) is 6.54 Å². The molecule has 1 aromatic rings. The SMILES string of the molecule is Cc1cnc(NCCCNC(=O)OC(C)(C)C)c(Br)c1. The van der Waals surface area contributed by atoms with Gasteiger partial charge in [-0.25, -0.2) is 9.78 Å². The minimum absolute atomic E-state index is 0.382. The Morgan fingerprint density at radius 3 is 2.70 bits per heavy atom. The first-order valence-corrected chi connectivity index (χ1v) is 7.40. The molecule has 0 saturated heterocycles. The number of pyridine rings is 1. The molecule has 1 heterocycles. The predicted molar refractivity (Wildman–Crippen MR) is 84.0 cm³/mol. The molecule has 0 aromatic carbocycles. The molecule has 20 heavy (non-hydrogen) atoms. The smallest absolute Gasteiger partial charge is 0.407 e. The van der Waals surface area contributed by atoms with Crippen molar-refractivity contribution in [1.29, 1.82) is 0 Å². The first-order chi connectivity index (χ1) is 9.28. The Bertz CT molecular complexity index is 458. The molecule has 0 fully saturated rings. The predicted octanol–water partition coefficient (Wildman–Crippen LogP) is 3.48. The summed E-state index contributed by atoms with van der Waals surface area (Å²) >= 11 is 3.46. The average Bonchev–Trinajstić information content (AvgIpc) is 2.28. The van der Waals surface area contributed by atoms with Gasteiger partial charge in [0.15, 0.2) is 0 Å². The second-order valence-electron chi connectivity index (χ2n) is 5.55. The lowest BCUT2D eigenvalue weighted by atomic mass is 10.2. The van der Waals surface area contributed by atoms with Crippen LogP contribution in [0.15, 0.2) is 16.7 Å². The van der Waals surface area contributed by atoms with E-state index in [-0.39, 0.29) is 6.09 Å². The maximum atomic E-state index is 11.4. The van der Waals surface area contributed by atoms with Crippen molar-refractivity contribution in [2.45, 2.75) is 39.7 Å². The molecule has 112 valence electrons. The highest BCUT2D eigenvalue weighted by Crippen LogP contribution is 2.20. The fourth-order valence-electron chi connectivity index (χ4n) is 1.46. The van der Waals surface area contributed by atoms with Crippen molar-refractivity contribution in [1.82, 2.24) is 10.3 Å². The lowest BCUT2D eigenvalue weighted by molar-refractivity contribution is 0.0528. The standard InChI is InChI=1S/C14H22BrN3O2/c1-10-8-11(15)12(18-9-10)16-6-5-7-17-13(19)20-14(2,3)4/h8-9H,5-7H2,1-4H3,(H,16,18)(H,17,19). The number of nitrogens with one attached hydrogen (secondary N) is 2. The fraction of sp³-hybridized carbons (Fsp3) is 0.571. The zero-order chi connectivity index (χ0) is 15.2. The molecule has 0 unspecified atom stereocenters. The summed E-state index contributed by atoms with van der Waals surface area (Å²) in [6.45, 7) is 8.81. The van der Waals surface area contributed by atoms with E-state index >= 15 is 0 Å². The monoisotopic (exact) mass is 343 g/mol. The van der Waals surface area contributed by atoms with Gasteiger partial charge < -0.3 is 15.4 Å². The zero-order valence-corrected chi connectivity index (χ0v) is 14.0. The summed E-state index contributed by atoms with van der Waals surface area (Å²) in [5, 5.41) is 5.93. The molecule has 1 amide bonds. The van der Waals surface area contributed by atoms with Crippen molar-refractivity contribution < 1.29 is 9.53 Å². The van der Waals surface area contributed by atoms with E-state index in [1.54, 1.807) is 0 Å². The third kappa shape index (κ3) is 6.75. The molecule has 1 aromatic heterocycles. The lowest BCUT2D eigenvalue weighted by Crippen LogP contribution is -2.33. The minimum atomic E-state index is -0.459. The first-order valence-electron chi connectivity index (χ1n) is 6.61.